The number of aliphatic imine (C=N–C) groups is 1. The van der Waals surface area contributed by atoms with Crippen LogP contribution in [0.25, 0.3) is 0 Å². The summed E-state index contributed by atoms with van der Waals surface area (Å²) in [6.45, 7) is 4.10. The molecule has 0 fully saturated rings. The minimum atomic E-state index is 0. The van der Waals surface area contributed by atoms with Crippen molar-refractivity contribution in [3.63, 3.8) is 0 Å². The molecule has 0 atom stereocenters. The Kier molecular flexibility index (Phi) is 5.92. The van der Waals surface area contributed by atoms with Gasteiger partial charge in [0.25, 0.3) is 0 Å². The first-order valence-electron chi connectivity index (χ1n) is 3.72. The number of para-hydroxylation sites is 1. The third kappa shape index (κ3) is 4.46. The Labute approximate surface area is 88.2 Å². The maximum Gasteiger partial charge on any atom is 2.00 e. The first kappa shape index (κ1) is 11.6. The average molecular weight is 329 g/mol. The molecule has 0 amide bonds. The van der Waals surface area contributed by atoms with E-state index in [4.69, 9.17) is 0 Å². The van der Waals surface area contributed by atoms with Gasteiger partial charge in [0.05, 0.1) is 0 Å². The molecule has 0 spiro atoms. The summed E-state index contributed by atoms with van der Waals surface area (Å²) in [5.74, 6) is 0.378. The van der Waals surface area contributed by atoms with Gasteiger partial charge in [-0.1, -0.05) is 19.8 Å². The predicted octanol–water partition coefficient (Wildman–Crippen LogP) is 2.72. The Hall–Kier alpha value is -0.422. The second kappa shape index (κ2) is 6.13. The quantitative estimate of drug-likeness (QED) is 0.584. The number of nitrogens with zero attached hydrogens (tertiary/aromatic N) is 1. The van der Waals surface area contributed by atoms with Crippen LogP contribution in [-0.4, -0.2) is 6.21 Å². The fourth-order valence-electron chi connectivity index (χ4n) is 0.652. The van der Waals surface area contributed by atoms with Gasteiger partial charge in [-0.2, -0.15) is 24.4 Å². The van der Waals surface area contributed by atoms with Crippen molar-refractivity contribution in [3.8, 4) is 0 Å². The van der Waals surface area contributed by atoms with Crippen LogP contribution >= 0.6 is 0 Å². The Balaban J connectivity index is 0.00000121. The standard InChI is InChI=1S/C10H11N.W/c1-9(2)8-11-10-6-4-3-5-7-10;/h3-6,9H,1-2H3;/q-2;+2. The molecule has 0 saturated heterocycles. The van der Waals surface area contributed by atoms with Crippen molar-refractivity contribution in [3.05, 3.63) is 30.3 Å². The van der Waals surface area contributed by atoms with Crippen LogP contribution in [0.5, 0.6) is 0 Å². The molecule has 1 aromatic carbocycles. The second-order valence-corrected chi connectivity index (χ2v) is 2.64. The summed E-state index contributed by atoms with van der Waals surface area (Å²) >= 11 is 0. The first-order chi connectivity index (χ1) is 5.29. The van der Waals surface area contributed by atoms with Gasteiger partial charge < -0.3 is 4.99 Å². The molecule has 0 radical (unpaired) electrons. The van der Waals surface area contributed by atoms with E-state index in [1.165, 1.54) is 0 Å². The minimum Gasteiger partial charge on any atom is -0.481 e. The molecule has 0 aliphatic rings. The molecule has 0 aromatic heterocycles. The summed E-state index contributed by atoms with van der Waals surface area (Å²) in [5, 5.41) is 0. The molecule has 0 N–H and O–H groups in total. The zero-order chi connectivity index (χ0) is 8.10. The van der Waals surface area contributed by atoms with E-state index in [1.807, 2.05) is 38.1 Å². The monoisotopic (exact) mass is 329 g/mol. The fourth-order valence-corrected chi connectivity index (χ4v) is 0.652. The molecule has 1 rings (SSSR count). The van der Waals surface area contributed by atoms with Crippen LogP contribution < -0.4 is 0 Å². The normalized spacial score (nSPS) is 10.2. The summed E-state index contributed by atoms with van der Waals surface area (Å²) in [6, 6.07) is 10.6. The Morgan fingerprint density at radius 2 is 2.17 bits per heavy atom. The zero-order valence-corrected chi connectivity index (χ0v) is 10.2. The van der Waals surface area contributed by atoms with Crippen LogP contribution in [0.15, 0.2) is 29.3 Å². The largest absolute Gasteiger partial charge is 2.00 e. The summed E-state index contributed by atoms with van der Waals surface area (Å²) < 4.78 is 0. The molecule has 0 unspecified atom stereocenters. The third-order valence-electron chi connectivity index (χ3n) is 1.14. The molecule has 0 heterocycles. The summed E-state index contributed by atoms with van der Waals surface area (Å²) in [7, 11) is 0. The third-order valence-corrected chi connectivity index (χ3v) is 1.14. The van der Waals surface area contributed by atoms with E-state index in [0.717, 1.165) is 5.69 Å². The second-order valence-electron chi connectivity index (χ2n) is 2.64. The molecule has 2 heteroatoms. The molecule has 1 aromatic rings. The maximum absolute atomic E-state index is 4.10. The Morgan fingerprint density at radius 1 is 1.42 bits per heavy atom. The predicted molar refractivity (Wildman–Crippen MR) is 47.2 cm³/mol. The number of benzene rings is 1. The van der Waals surface area contributed by atoms with Crippen LogP contribution in [0, 0.1) is 12.0 Å². The summed E-state index contributed by atoms with van der Waals surface area (Å²) in [5.41, 5.74) is 0.848. The van der Waals surface area contributed by atoms with E-state index in [-0.39, 0.29) is 21.1 Å². The molecule has 0 saturated carbocycles. The fraction of sp³-hybridized carbons (Fsp3) is 0.300. The summed E-state index contributed by atoms with van der Waals surface area (Å²) in [6.07, 6.45) is 2.96. The van der Waals surface area contributed by atoms with Crippen LogP contribution in [0.2, 0.25) is 0 Å². The van der Waals surface area contributed by atoms with Gasteiger partial charge in [-0.3, -0.25) is 6.07 Å². The van der Waals surface area contributed by atoms with Crippen molar-refractivity contribution in [1.29, 1.82) is 0 Å². The van der Waals surface area contributed by atoms with E-state index < -0.39 is 0 Å². The molecule has 0 aliphatic heterocycles. The van der Waals surface area contributed by atoms with Crippen molar-refractivity contribution in [2.75, 3.05) is 0 Å². The molecular weight excluding hydrogens is 318 g/mol. The molecular formula is C10H11NW. The van der Waals surface area contributed by atoms with Crippen LogP contribution in [0.1, 0.15) is 13.8 Å². The zero-order valence-electron chi connectivity index (χ0n) is 7.24. The molecule has 12 heavy (non-hydrogen) atoms. The molecule has 62 valence electrons. The van der Waals surface area contributed by atoms with Gasteiger partial charge in [0.2, 0.25) is 0 Å². The van der Waals surface area contributed by atoms with Gasteiger partial charge in [0.1, 0.15) is 0 Å². The van der Waals surface area contributed by atoms with Gasteiger partial charge in [0, 0.05) is 0 Å². The first-order valence-corrected chi connectivity index (χ1v) is 3.72. The van der Waals surface area contributed by atoms with Gasteiger partial charge >= 0.3 is 21.1 Å². The molecule has 0 bridgehead atoms. The molecule has 0 aliphatic carbocycles. The van der Waals surface area contributed by atoms with Gasteiger partial charge in [-0.25, -0.2) is 11.8 Å². The smallest absolute Gasteiger partial charge is 0.481 e. The van der Waals surface area contributed by atoms with E-state index in [1.54, 1.807) is 0 Å². The van der Waals surface area contributed by atoms with Gasteiger partial charge in [-0.05, 0) is 0 Å². The van der Waals surface area contributed by atoms with Crippen molar-refractivity contribution < 1.29 is 21.1 Å². The van der Waals surface area contributed by atoms with Gasteiger partial charge in [0.15, 0.2) is 0 Å². The topological polar surface area (TPSA) is 12.4 Å². The Morgan fingerprint density at radius 3 is 2.67 bits per heavy atom. The minimum absolute atomic E-state index is 0. The van der Waals surface area contributed by atoms with Crippen LogP contribution in [0.3, 0.4) is 0 Å². The van der Waals surface area contributed by atoms with Crippen molar-refractivity contribution in [2.24, 2.45) is 10.9 Å². The SMILES string of the molecule is CC(C)[C-]=Nc1[c-]cccc1.[W+2]. The van der Waals surface area contributed by atoms with E-state index in [9.17, 15) is 0 Å². The number of rotatable bonds is 2. The van der Waals surface area contributed by atoms with Crippen molar-refractivity contribution in [1.82, 2.24) is 0 Å². The average Bonchev–Trinajstić information content (AvgIpc) is 2.03. The maximum atomic E-state index is 4.10. The van der Waals surface area contributed by atoms with Gasteiger partial charge in [-0.15, -0.1) is 0 Å². The van der Waals surface area contributed by atoms with E-state index in [2.05, 4.69) is 17.3 Å². The van der Waals surface area contributed by atoms with Crippen LogP contribution in [0.4, 0.5) is 5.69 Å². The molecule has 1 nitrogen and oxygen atoms in total. The van der Waals surface area contributed by atoms with Crippen molar-refractivity contribution >= 4 is 11.9 Å². The summed E-state index contributed by atoms with van der Waals surface area (Å²) in [4.78, 5) is 4.10. The Bertz CT molecular complexity index is 229. The number of hydrogen-bond acceptors (Lipinski definition) is 1. The number of hydrogen-bond donors (Lipinski definition) is 0. The van der Waals surface area contributed by atoms with E-state index >= 15 is 0 Å². The van der Waals surface area contributed by atoms with Crippen molar-refractivity contribution in [2.45, 2.75) is 13.8 Å². The van der Waals surface area contributed by atoms with Crippen LogP contribution in [-0.2, 0) is 21.1 Å². The van der Waals surface area contributed by atoms with E-state index in [0.29, 0.717) is 5.92 Å².